The first-order chi connectivity index (χ1) is 13.1. The number of hydrogen-bond donors (Lipinski definition) is 0. The molecule has 1 aromatic heterocycles. The fourth-order valence-electron chi connectivity index (χ4n) is 3.30. The van der Waals surface area contributed by atoms with Crippen molar-refractivity contribution in [2.24, 2.45) is 0 Å². The van der Waals surface area contributed by atoms with E-state index in [0.29, 0.717) is 24.1 Å². The number of carbonyl (C=O) groups is 1. The Bertz CT molecular complexity index is 985. The van der Waals surface area contributed by atoms with Crippen molar-refractivity contribution in [3.63, 3.8) is 0 Å². The summed E-state index contributed by atoms with van der Waals surface area (Å²) in [7, 11) is 0. The van der Waals surface area contributed by atoms with Gasteiger partial charge in [0.15, 0.2) is 0 Å². The van der Waals surface area contributed by atoms with E-state index in [4.69, 9.17) is 11.6 Å². The highest BCUT2D eigenvalue weighted by Crippen LogP contribution is 2.18. The zero-order valence-electron chi connectivity index (χ0n) is 15.1. The summed E-state index contributed by atoms with van der Waals surface area (Å²) in [6.07, 6.45) is 0. The van der Waals surface area contributed by atoms with Crippen LogP contribution in [0.25, 0.3) is 11.0 Å². The van der Waals surface area contributed by atoms with Gasteiger partial charge in [0, 0.05) is 37.7 Å². The number of aryl methyl sites for hydroxylation is 1. The van der Waals surface area contributed by atoms with E-state index in [0.717, 1.165) is 24.7 Å². The Labute approximate surface area is 162 Å². The number of para-hydroxylation sites is 1. The van der Waals surface area contributed by atoms with Crippen LogP contribution in [0.5, 0.6) is 0 Å². The van der Waals surface area contributed by atoms with E-state index in [2.05, 4.69) is 33.1 Å². The maximum atomic E-state index is 12.7. The lowest BCUT2D eigenvalue weighted by Gasteiger charge is -2.34. The first kappa shape index (κ1) is 17.8. The topological polar surface area (TPSA) is 62.2 Å². The third-order valence-corrected chi connectivity index (χ3v) is 5.15. The summed E-state index contributed by atoms with van der Waals surface area (Å²) < 4.78 is 0. The molecule has 2 aromatic carbocycles. The number of amides is 1. The molecule has 6 nitrogen and oxygen atoms in total. The van der Waals surface area contributed by atoms with Crippen LogP contribution in [-0.4, -0.2) is 57.1 Å². The summed E-state index contributed by atoms with van der Waals surface area (Å²) in [6, 6.07) is 13.4. The van der Waals surface area contributed by atoms with E-state index >= 15 is 0 Å². The van der Waals surface area contributed by atoms with Crippen molar-refractivity contribution in [1.82, 2.24) is 25.0 Å². The van der Waals surface area contributed by atoms with Gasteiger partial charge in [-0.1, -0.05) is 29.8 Å². The highest BCUT2D eigenvalue weighted by molar-refractivity contribution is 6.30. The van der Waals surface area contributed by atoms with Gasteiger partial charge in [-0.25, -0.2) is 4.98 Å². The molecule has 3 aromatic rings. The minimum Gasteiger partial charge on any atom is -0.333 e. The monoisotopic (exact) mass is 381 g/mol. The molecule has 0 bridgehead atoms. The molecule has 0 unspecified atom stereocenters. The predicted molar refractivity (Wildman–Crippen MR) is 105 cm³/mol. The van der Waals surface area contributed by atoms with E-state index in [1.807, 2.05) is 36.4 Å². The molecule has 0 aliphatic carbocycles. The number of halogens is 1. The maximum Gasteiger partial charge on any atom is 0.293 e. The SMILES string of the molecule is Cc1cc(Cl)ccc1CN1CCN(C(=O)c2nnc3ccccc3n2)CC1. The highest BCUT2D eigenvalue weighted by Gasteiger charge is 2.24. The second-order valence-electron chi connectivity index (χ2n) is 6.76. The summed E-state index contributed by atoms with van der Waals surface area (Å²) in [4.78, 5) is 21.2. The Hall–Kier alpha value is -2.57. The molecule has 1 fully saturated rings. The Morgan fingerprint density at radius 2 is 1.78 bits per heavy atom. The second-order valence-corrected chi connectivity index (χ2v) is 7.20. The largest absolute Gasteiger partial charge is 0.333 e. The molecule has 138 valence electrons. The van der Waals surface area contributed by atoms with Crippen LogP contribution >= 0.6 is 11.6 Å². The van der Waals surface area contributed by atoms with Crippen molar-refractivity contribution in [3.05, 3.63) is 64.4 Å². The molecule has 1 aliphatic rings. The minimum absolute atomic E-state index is 0.157. The number of aromatic nitrogens is 3. The Morgan fingerprint density at radius 1 is 1.04 bits per heavy atom. The van der Waals surface area contributed by atoms with Gasteiger partial charge in [-0.15, -0.1) is 10.2 Å². The van der Waals surface area contributed by atoms with Crippen LogP contribution in [0.4, 0.5) is 0 Å². The van der Waals surface area contributed by atoms with Crippen molar-refractivity contribution in [1.29, 1.82) is 0 Å². The molecule has 0 atom stereocenters. The number of rotatable bonds is 3. The van der Waals surface area contributed by atoms with Crippen molar-refractivity contribution in [3.8, 4) is 0 Å². The lowest BCUT2D eigenvalue weighted by atomic mass is 10.1. The molecule has 27 heavy (non-hydrogen) atoms. The normalized spacial score (nSPS) is 15.3. The maximum absolute atomic E-state index is 12.7. The average molecular weight is 382 g/mol. The minimum atomic E-state index is -0.157. The molecule has 4 rings (SSSR count). The van der Waals surface area contributed by atoms with Gasteiger partial charge in [0.25, 0.3) is 5.91 Å². The molecule has 1 amide bonds. The summed E-state index contributed by atoms with van der Waals surface area (Å²) in [6.45, 7) is 5.87. The van der Waals surface area contributed by atoms with Crippen LogP contribution in [0, 0.1) is 6.92 Å². The molecule has 0 radical (unpaired) electrons. The molecule has 1 saturated heterocycles. The molecule has 7 heteroatoms. The van der Waals surface area contributed by atoms with Gasteiger partial charge in [0.1, 0.15) is 5.52 Å². The molecule has 1 aliphatic heterocycles. The first-order valence-electron chi connectivity index (χ1n) is 8.96. The molecular formula is C20H20ClN5O. The number of benzene rings is 2. The van der Waals surface area contributed by atoms with Gasteiger partial charge in [0.2, 0.25) is 5.82 Å². The van der Waals surface area contributed by atoms with E-state index < -0.39 is 0 Å². The lowest BCUT2D eigenvalue weighted by Crippen LogP contribution is -2.48. The number of hydrogen-bond acceptors (Lipinski definition) is 5. The lowest BCUT2D eigenvalue weighted by molar-refractivity contribution is 0.0615. The molecule has 0 N–H and O–H groups in total. The van der Waals surface area contributed by atoms with Crippen LogP contribution in [0.3, 0.4) is 0 Å². The second kappa shape index (κ2) is 7.58. The third kappa shape index (κ3) is 3.91. The molecule has 2 heterocycles. The predicted octanol–water partition coefficient (Wildman–Crippen LogP) is 2.94. The van der Waals surface area contributed by atoms with Crippen molar-refractivity contribution in [2.75, 3.05) is 26.2 Å². The van der Waals surface area contributed by atoms with E-state index in [1.54, 1.807) is 4.90 Å². The Balaban J connectivity index is 1.40. The van der Waals surface area contributed by atoms with Crippen molar-refractivity contribution < 1.29 is 4.79 Å². The smallest absolute Gasteiger partial charge is 0.293 e. The summed E-state index contributed by atoms with van der Waals surface area (Å²) in [5, 5.41) is 8.87. The van der Waals surface area contributed by atoms with E-state index in [-0.39, 0.29) is 11.7 Å². The zero-order chi connectivity index (χ0) is 18.8. The van der Waals surface area contributed by atoms with Gasteiger partial charge < -0.3 is 4.90 Å². The molecular weight excluding hydrogens is 362 g/mol. The van der Waals surface area contributed by atoms with Crippen LogP contribution in [0.15, 0.2) is 42.5 Å². The van der Waals surface area contributed by atoms with Crippen molar-refractivity contribution >= 4 is 28.5 Å². The number of carbonyl (C=O) groups excluding carboxylic acids is 1. The van der Waals surface area contributed by atoms with Gasteiger partial charge in [-0.3, -0.25) is 9.69 Å². The van der Waals surface area contributed by atoms with E-state index in [9.17, 15) is 4.79 Å². The Morgan fingerprint density at radius 3 is 2.52 bits per heavy atom. The highest BCUT2D eigenvalue weighted by atomic mass is 35.5. The van der Waals surface area contributed by atoms with Crippen LogP contribution < -0.4 is 0 Å². The average Bonchev–Trinajstić information content (AvgIpc) is 2.70. The van der Waals surface area contributed by atoms with Crippen LogP contribution in [0.2, 0.25) is 5.02 Å². The summed E-state index contributed by atoms with van der Waals surface area (Å²) in [5.41, 5.74) is 3.84. The van der Waals surface area contributed by atoms with Gasteiger partial charge >= 0.3 is 0 Å². The van der Waals surface area contributed by atoms with Crippen molar-refractivity contribution in [2.45, 2.75) is 13.5 Å². The fourth-order valence-corrected chi connectivity index (χ4v) is 3.53. The van der Waals surface area contributed by atoms with E-state index in [1.165, 1.54) is 11.1 Å². The fraction of sp³-hybridized carbons (Fsp3) is 0.300. The number of nitrogens with zero attached hydrogens (tertiary/aromatic N) is 5. The Kier molecular flexibility index (Phi) is 5.01. The number of piperazine rings is 1. The molecule has 0 spiro atoms. The number of fused-ring (bicyclic) bond motifs is 1. The standard InChI is InChI=1S/C20H20ClN5O/c1-14-12-16(21)7-6-15(14)13-25-8-10-26(11-9-25)20(27)19-22-17-4-2-3-5-18(17)23-24-19/h2-7,12H,8-11,13H2,1H3. The van der Waals surface area contributed by atoms with Gasteiger partial charge in [-0.2, -0.15) is 0 Å². The summed E-state index contributed by atoms with van der Waals surface area (Å²) >= 11 is 6.03. The van der Waals surface area contributed by atoms with Gasteiger partial charge in [-0.05, 0) is 42.3 Å². The van der Waals surface area contributed by atoms with Gasteiger partial charge in [0.05, 0.1) is 5.52 Å². The zero-order valence-corrected chi connectivity index (χ0v) is 15.9. The van der Waals surface area contributed by atoms with Crippen LogP contribution in [-0.2, 0) is 6.54 Å². The van der Waals surface area contributed by atoms with Crippen LogP contribution in [0.1, 0.15) is 21.7 Å². The quantitative estimate of drug-likeness (QED) is 0.698. The third-order valence-electron chi connectivity index (χ3n) is 4.91. The molecule has 0 saturated carbocycles. The first-order valence-corrected chi connectivity index (χ1v) is 9.34. The summed E-state index contributed by atoms with van der Waals surface area (Å²) in [5.74, 6) is 0.00581.